The van der Waals surface area contributed by atoms with Gasteiger partial charge in [-0.25, -0.2) is 13.2 Å². The topological polar surface area (TPSA) is 117 Å². The van der Waals surface area contributed by atoms with Crippen LogP contribution in [0.4, 0.5) is 10.5 Å². The fraction of sp³-hybridized carbons (Fsp3) is 0.391. The van der Waals surface area contributed by atoms with Gasteiger partial charge in [0.05, 0.1) is 12.0 Å². The van der Waals surface area contributed by atoms with E-state index in [1.165, 1.54) is 4.31 Å². The summed E-state index contributed by atoms with van der Waals surface area (Å²) in [7, 11) is -1.96. The van der Waals surface area contributed by atoms with Crippen molar-refractivity contribution < 1.29 is 22.7 Å². The second-order valence-electron chi connectivity index (χ2n) is 7.92. The Bertz CT molecular complexity index is 1050. The fourth-order valence-corrected chi connectivity index (χ4v) is 5.01. The number of methoxy groups -OCH3 is 1. The summed E-state index contributed by atoms with van der Waals surface area (Å²) < 4.78 is 32.1. The van der Waals surface area contributed by atoms with Crippen molar-refractivity contribution in [1.82, 2.24) is 14.9 Å². The number of hydrogen-bond donors (Lipinski definition) is 3. The number of urea groups is 1. The van der Waals surface area contributed by atoms with E-state index in [2.05, 4.69) is 16.0 Å². The maximum absolute atomic E-state index is 12.8. The van der Waals surface area contributed by atoms with E-state index in [-0.39, 0.29) is 29.8 Å². The summed E-state index contributed by atoms with van der Waals surface area (Å²) in [5.74, 6) is 0.510. The predicted octanol–water partition coefficient (Wildman–Crippen LogP) is 2.48. The zero-order chi connectivity index (χ0) is 23.8. The van der Waals surface area contributed by atoms with Crippen LogP contribution in [0.2, 0.25) is 0 Å². The molecule has 0 aliphatic carbocycles. The molecule has 2 aromatic carbocycles. The normalized spacial score (nSPS) is 15.0. The first-order valence-corrected chi connectivity index (χ1v) is 12.3. The molecule has 0 aromatic heterocycles. The average molecular weight is 475 g/mol. The number of carbonyl (C=O) groups excluding carboxylic acids is 2. The van der Waals surface area contributed by atoms with Crippen LogP contribution in [-0.4, -0.2) is 57.4 Å². The third-order valence-corrected chi connectivity index (χ3v) is 7.38. The van der Waals surface area contributed by atoms with E-state index in [9.17, 15) is 18.0 Å². The van der Waals surface area contributed by atoms with Gasteiger partial charge in [0.15, 0.2) is 0 Å². The minimum absolute atomic E-state index is 0.0879. The smallest absolute Gasteiger partial charge is 0.319 e. The SMILES string of the molecule is COc1ccc(NC(=O)NCCC(=O)NC2CCN(S(=O)(=O)c3ccc(C)cc3)CC2)cc1. The van der Waals surface area contributed by atoms with E-state index in [1.54, 1.807) is 55.6 Å². The molecule has 0 saturated carbocycles. The molecule has 1 fully saturated rings. The van der Waals surface area contributed by atoms with Gasteiger partial charge < -0.3 is 20.7 Å². The molecule has 9 nitrogen and oxygen atoms in total. The molecule has 1 saturated heterocycles. The number of aryl methyl sites for hydroxylation is 1. The maximum atomic E-state index is 12.8. The fourth-order valence-electron chi connectivity index (χ4n) is 3.54. The Labute approximate surface area is 194 Å². The first-order valence-electron chi connectivity index (χ1n) is 10.8. The number of hydrogen-bond acceptors (Lipinski definition) is 5. The summed E-state index contributed by atoms with van der Waals surface area (Å²) in [5.41, 5.74) is 1.62. The lowest BCUT2D eigenvalue weighted by Crippen LogP contribution is -2.47. The average Bonchev–Trinajstić information content (AvgIpc) is 2.80. The lowest BCUT2D eigenvalue weighted by atomic mass is 10.1. The Morgan fingerprint density at radius 1 is 1.03 bits per heavy atom. The van der Waals surface area contributed by atoms with Gasteiger partial charge in [-0.2, -0.15) is 4.31 Å². The Hall–Kier alpha value is -3.11. The van der Waals surface area contributed by atoms with E-state index in [4.69, 9.17) is 4.74 Å². The van der Waals surface area contributed by atoms with Crippen molar-refractivity contribution in [1.29, 1.82) is 0 Å². The van der Waals surface area contributed by atoms with Crippen molar-refractivity contribution in [2.45, 2.75) is 37.1 Å². The van der Waals surface area contributed by atoms with E-state index < -0.39 is 16.1 Å². The molecule has 1 aliphatic heterocycles. The summed E-state index contributed by atoms with van der Waals surface area (Å²) in [5, 5.41) is 8.26. The summed E-state index contributed by atoms with van der Waals surface area (Å²) >= 11 is 0. The Balaban J connectivity index is 1.36. The lowest BCUT2D eigenvalue weighted by molar-refractivity contribution is -0.121. The molecular formula is C23H30N4O5S. The Kier molecular flexibility index (Phi) is 8.29. The van der Waals surface area contributed by atoms with Crippen molar-refractivity contribution in [2.75, 3.05) is 32.1 Å². The third kappa shape index (κ3) is 6.93. The van der Waals surface area contributed by atoms with Crippen LogP contribution in [0.25, 0.3) is 0 Å². The van der Waals surface area contributed by atoms with Crippen molar-refractivity contribution in [3.63, 3.8) is 0 Å². The molecule has 3 rings (SSSR count). The number of nitrogens with one attached hydrogen (secondary N) is 3. The zero-order valence-electron chi connectivity index (χ0n) is 18.8. The molecule has 1 heterocycles. The molecule has 0 radical (unpaired) electrons. The number of carbonyl (C=O) groups is 2. The van der Waals surface area contributed by atoms with Crippen LogP contribution >= 0.6 is 0 Å². The minimum Gasteiger partial charge on any atom is -0.497 e. The van der Waals surface area contributed by atoms with Crippen LogP contribution in [0, 0.1) is 6.92 Å². The van der Waals surface area contributed by atoms with Crippen molar-refractivity contribution in [3.8, 4) is 5.75 Å². The number of piperidine rings is 1. The number of rotatable bonds is 8. The van der Waals surface area contributed by atoms with Gasteiger partial charge in [0.1, 0.15) is 5.75 Å². The number of benzene rings is 2. The van der Waals surface area contributed by atoms with Gasteiger partial charge in [0, 0.05) is 37.8 Å². The molecule has 0 spiro atoms. The van der Waals surface area contributed by atoms with Crippen LogP contribution in [0.5, 0.6) is 5.75 Å². The zero-order valence-corrected chi connectivity index (χ0v) is 19.7. The monoisotopic (exact) mass is 474 g/mol. The van der Waals surface area contributed by atoms with Crippen LogP contribution in [-0.2, 0) is 14.8 Å². The molecule has 3 amide bonds. The molecule has 1 aliphatic rings. The highest BCUT2D eigenvalue weighted by molar-refractivity contribution is 7.89. The Morgan fingerprint density at radius 2 is 1.67 bits per heavy atom. The van der Waals surface area contributed by atoms with Gasteiger partial charge in [-0.15, -0.1) is 0 Å². The van der Waals surface area contributed by atoms with E-state index in [1.807, 2.05) is 6.92 Å². The second kappa shape index (κ2) is 11.2. The summed E-state index contributed by atoms with van der Waals surface area (Å²) in [6.45, 7) is 2.80. The van der Waals surface area contributed by atoms with Gasteiger partial charge in [0.2, 0.25) is 15.9 Å². The highest BCUT2D eigenvalue weighted by Crippen LogP contribution is 2.21. The van der Waals surface area contributed by atoms with Gasteiger partial charge in [-0.3, -0.25) is 4.79 Å². The van der Waals surface area contributed by atoms with Crippen LogP contribution < -0.4 is 20.7 Å². The Morgan fingerprint density at radius 3 is 2.27 bits per heavy atom. The second-order valence-corrected chi connectivity index (χ2v) is 9.86. The minimum atomic E-state index is -3.53. The summed E-state index contributed by atoms with van der Waals surface area (Å²) in [4.78, 5) is 24.5. The molecule has 0 bridgehead atoms. The molecular weight excluding hydrogens is 444 g/mol. The number of amides is 3. The van der Waals surface area contributed by atoms with Crippen molar-refractivity contribution >= 4 is 27.6 Å². The number of sulfonamides is 1. The number of anilines is 1. The van der Waals surface area contributed by atoms with Crippen molar-refractivity contribution in [3.05, 3.63) is 54.1 Å². The van der Waals surface area contributed by atoms with E-state index >= 15 is 0 Å². The van der Waals surface area contributed by atoms with E-state index in [0.717, 1.165) is 5.56 Å². The third-order valence-electron chi connectivity index (χ3n) is 5.46. The molecule has 10 heteroatoms. The molecule has 178 valence electrons. The molecule has 33 heavy (non-hydrogen) atoms. The standard InChI is InChI=1S/C23H30N4O5S/c1-17-3-9-21(10-4-17)33(30,31)27-15-12-19(13-16-27)25-22(28)11-14-24-23(29)26-18-5-7-20(32-2)8-6-18/h3-10,19H,11-16H2,1-2H3,(H,25,28)(H2,24,26,29). The van der Waals surface area contributed by atoms with Crippen LogP contribution in [0.3, 0.4) is 0 Å². The van der Waals surface area contributed by atoms with Gasteiger partial charge in [0.25, 0.3) is 0 Å². The van der Waals surface area contributed by atoms with Crippen LogP contribution in [0.15, 0.2) is 53.4 Å². The number of ether oxygens (including phenoxy) is 1. The highest BCUT2D eigenvalue weighted by Gasteiger charge is 2.29. The first kappa shape index (κ1) is 24.5. The molecule has 0 atom stereocenters. The molecule has 3 N–H and O–H groups in total. The highest BCUT2D eigenvalue weighted by atomic mass is 32.2. The quantitative estimate of drug-likeness (QED) is 0.544. The largest absolute Gasteiger partial charge is 0.497 e. The van der Waals surface area contributed by atoms with Gasteiger partial charge in [-0.1, -0.05) is 17.7 Å². The maximum Gasteiger partial charge on any atom is 0.319 e. The summed E-state index contributed by atoms with van der Waals surface area (Å²) in [6, 6.07) is 13.2. The molecule has 2 aromatic rings. The van der Waals surface area contributed by atoms with Crippen LogP contribution in [0.1, 0.15) is 24.8 Å². The first-order chi connectivity index (χ1) is 15.8. The molecule has 0 unspecified atom stereocenters. The van der Waals surface area contributed by atoms with Gasteiger partial charge >= 0.3 is 6.03 Å². The lowest BCUT2D eigenvalue weighted by Gasteiger charge is -2.31. The summed E-state index contributed by atoms with van der Waals surface area (Å²) in [6.07, 6.45) is 1.22. The van der Waals surface area contributed by atoms with Crippen molar-refractivity contribution in [2.24, 2.45) is 0 Å². The number of nitrogens with zero attached hydrogens (tertiary/aromatic N) is 1. The van der Waals surface area contributed by atoms with E-state index in [0.29, 0.717) is 37.4 Å². The van der Waals surface area contributed by atoms with Gasteiger partial charge in [-0.05, 0) is 56.2 Å². The predicted molar refractivity (Wildman–Crippen MR) is 126 cm³/mol.